The second kappa shape index (κ2) is 9.22. The summed E-state index contributed by atoms with van der Waals surface area (Å²) in [4.78, 5) is 31.0. The van der Waals surface area contributed by atoms with Gasteiger partial charge in [-0.15, -0.1) is 0 Å². The van der Waals surface area contributed by atoms with Crippen LogP contribution in [0.15, 0.2) is 53.1 Å². The number of benzene rings is 2. The number of hydrogen-bond donors (Lipinski definition) is 1. The molecule has 0 radical (unpaired) electrons. The van der Waals surface area contributed by atoms with Gasteiger partial charge in [0.05, 0.1) is 6.54 Å². The zero-order valence-electron chi connectivity index (χ0n) is 17.8. The fourth-order valence-corrected chi connectivity index (χ4v) is 3.86. The minimum atomic E-state index is -0.0533. The van der Waals surface area contributed by atoms with Gasteiger partial charge in [-0.05, 0) is 57.5 Å². The van der Waals surface area contributed by atoms with E-state index in [4.69, 9.17) is 4.52 Å². The molecule has 1 saturated heterocycles. The highest BCUT2D eigenvalue weighted by Crippen LogP contribution is 2.23. The summed E-state index contributed by atoms with van der Waals surface area (Å²) < 4.78 is 5.45. The first-order valence-corrected chi connectivity index (χ1v) is 10.5. The summed E-state index contributed by atoms with van der Waals surface area (Å²) in [5.41, 5.74) is 3.34. The van der Waals surface area contributed by atoms with Crippen molar-refractivity contribution >= 4 is 17.4 Å². The maximum Gasteiger partial charge on any atom is 0.241 e. The van der Waals surface area contributed by atoms with E-state index >= 15 is 0 Å². The van der Waals surface area contributed by atoms with Gasteiger partial charge in [0, 0.05) is 22.7 Å². The van der Waals surface area contributed by atoms with Gasteiger partial charge < -0.3 is 9.84 Å². The van der Waals surface area contributed by atoms with E-state index < -0.39 is 0 Å². The standard InChI is InChI=1S/C24H26N4O3/c1-16-6-3-4-9-21(16)23-26-22(31-27-23)15-28-12-10-18(11-13-28)24(30)25-20-8-5-7-19(14-20)17(2)29/h3-9,14,18H,10-13,15H2,1-2H3,(H,25,30). The van der Waals surface area contributed by atoms with Crippen LogP contribution in [0, 0.1) is 12.8 Å². The number of hydrogen-bond acceptors (Lipinski definition) is 6. The monoisotopic (exact) mass is 418 g/mol. The van der Waals surface area contributed by atoms with Crippen LogP contribution in [-0.2, 0) is 11.3 Å². The van der Waals surface area contributed by atoms with Crippen LogP contribution in [-0.4, -0.2) is 39.8 Å². The number of nitrogens with zero attached hydrogens (tertiary/aromatic N) is 3. The van der Waals surface area contributed by atoms with Gasteiger partial charge in [0.25, 0.3) is 0 Å². The van der Waals surface area contributed by atoms with Crippen molar-refractivity contribution in [1.29, 1.82) is 0 Å². The van der Waals surface area contributed by atoms with Gasteiger partial charge >= 0.3 is 0 Å². The largest absolute Gasteiger partial charge is 0.338 e. The molecule has 0 spiro atoms. The van der Waals surface area contributed by atoms with E-state index in [0.717, 1.165) is 37.1 Å². The molecule has 0 saturated carbocycles. The van der Waals surface area contributed by atoms with E-state index in [2.05, 4.69) is 20.4 Å². The molecule has 0 unspecified atom stereocenters. The van der Waals surface area contributed by atoms with Crippen molar-refractivity contribution < 1.29 is 14.1 Å². The number of carbonyl (C=O) groups excluding carboxylic acids is 2. The van der Waals surface area contributed by atoms with Crippen LogP contribution >= 0.6 is 0 Å². The fraction of sp³-hybridized carbons (Fsp3) is 0.333. The molecule has 1 N–H and O–H groups in total. The number of likely N-dealkylation sites (tertiary alicyclic amines) is 1. The van der Waals surface area contributed by atoms with Crippen molar-refractivity contribution in [2.45, 2.75) is 33.2 Å². The van der Waals surface area contributed by atoms with Gasteiger partial charge in [0.15, 0.2) is 5.78 Å². The fourth-order valence-electron chi connectivity index (χ4n) is 3.86. The Bertz CT molecular complexity index is 1080. The normalized spacial score (nSPS) is 15.0. The molecular weight excluding hydrogens is 392 g/mol. The minimum Gasteiger partial charge on any atom is -0.338 e. The molecule has 31 heavy (non-hydrogen) atoms. The summed E-state index contributed by atoms with van der Waals surface area (Å²) in [7, 11) is 0. The number of rotatable bonds is 6. The van der Waals surface area contributed by atoms with E-state index in [1.54, 1.807) is 24.3 Å². The summed E-state index contributed by atoms with van der Waals surface area (Å²) in [5, 5.41) is 7.07. The lowest BCUT2D eigenvalue weighted by molar-refractivity contribution is -0.121. The second-order valence-corrected chi connectivity index (χ2v) is 8.00. The van der Waals surface area contributed by atoms with Crippen LogP contribution in [0.25, 0.3) is 11.4 Å². The zero-order valence-corrected chi connectivity index (χ0v) is 17.8. The van der Waals surface area contributed by atoms with Gasteiger partial charge in [0.1, 0.15) is 0 Å². The smallest absolute Gasteiger partial charge is 0.241 e. The SMILES string of the molecule is CC(=O)c1cccc(NC(=O)C2CCN(Cc3nc(-c4ccccc4C)no3)CC2)c1. The van der Waals surface area contributed by atoms with Crippen molar-refractivity contribution in [2.75, 3.05) is 18.4 Å². The Morgan fingerprint density at radius 1 is 1.13 bits per heavy atom. The molecule has 160 valence electrons. The third-order valence-electron chi connectivity index (χ3n) is 5.71. The first-order valence-electron chi connectivity index (χ1n) is 10.5. The minimum absolute atomic E-state index is 0.0000172. The van der Waals surface area contributed by atoms with Gasteiger partial charge in [-0.1, -0.05) is 41.6 Å². The zero-order chi connectivity index (χ0) is 21.8. The van der Waals surface area contributed by atoms with Gasteiger partial charge in [-0.25, -0.2) is 0 Å². The van der Waals surface area contributed by atoms with Crippen LogP contribution in [0.4, 0.5) is 5.69 Å². The molecule has 2 aromatic carbocycles. The molecule has 1 amide bonds. The number of ketones is 1. The molecule has 0 aliphatic carbocycles. The summed E-state index contributed by atoms with van der Waals surface area (Å²) in [6.07, 6.45) is 1.52. The topological polar surface area (TPSA) is 88.3 Å². The quantitative estimate of drug-likeness (QED) is 0.607. The molecule has 2 heterocycles. The highest BCUT2D eigenvalue weighted by Gasteiger charge is 2.26. The van der Waals surface area contributed by atoms with Crippen LogP contribution in [0.1, 0.15) is 41.6 Å². The van der Waals surface area contributed by atoms with Gasteiger partial charge in [-0.3, -0.25) is 14.5 Å². The lowest BCUT2D eigenvalue weighted by atomic mass is 9.95. The maximum absolute atomic E-state index is 12.7. The highest BCUT2D eigenvalue weighted by molar-refractivity contribution is 5.97. The average molecular weight is 418 g/mol. The Hall–Kier alpha value is -3.32. The molecule has 0 bridgehead atoms. The number of aryl methyl sites for hydroxylation is 1. The Labute approximate surface area is 181 Å². The number of aromatic nitrogens is 2. The van der Waals surface area contributed by atoms with Crippen molar-refractivity contribution in [1.82, 2.24) is 15.0 Å². The molecule has 1 fully saturated rings. The summed E-state index contributed by atoms with van der Waals surface area (Å²) in [6, 6.07) is 15.0. The van der Waals surface area contributed by atoms with E-state index in [9.17, 15) is 9.59 Å². The van der Waals surface area contributed by atoms with E-state index in [-0.39, 0.29) is 17.6 Å². The van der Waals surface area contributed by atoms with Crippen LogP contribution in [0.3, 0.4) is 0 Å². The predicted octanol–water partition coefficient (Wildman–Crippen LogP) is 4.10. The van der Waals surface area contributed by atoms with E-state index in [1.165, 1.54) is 6.92 Å². The molecular formula is C24H26N4O3. The molecule has 3 aromatic rings. The van der Waals surface area contributed by atoms with E-state index in [0.29, 0.717) is 29.5 Å². The number of piperidine rings is 1. The van der Waals surface area contributed by atoms with Crippen molar-refractivity contribution in [3.8, 4) is 11.4 Å². The van der Waals surface area contributed by atoms with Crippen molar-refractivity contribution in [3.05, 3.63) is 65.5 Å². The third kappa shape index (κ3) is 5.06. The number of carbonyl (C=O) groups is 2. The van der Waals surface area contributed by atoms with E-state index in [1.807, 2.05) is 31.2 Å². The molecule has 1 aliphatic rings. The highest BCUT2D eigenvalue weighted by atomic mass is 16.5. The summed E-state index contributed by atoms with van der Waals surface area (Å²) in [5.74, 6) is 1.12. The third-order valence-corrected chi connectivity index (χ3v) is 5.71. The molecule has 7 heteroatoms. The Kier molecular flexibility index (Phi) is 6.23. The second-order valence-electron chi connectivity index (χ2n) is 8.00. The predicted molar refractivity (Wildman–Crippen MR) is 118 cm³/mol. The summed E-state index contributed by atoms with van der Waals surface area (Å²) >= 11 is 0. The van der Waals surface area contributed by atoms with Crippen molar-refractivity contribution in [2.24, 2.45) is 5.92 Å². The Morgan fingerprint density at radius 3 is 2.65 bits per heavy atom. The number of nitrogens with one attached hydrogen (secondary N) is 1. The van der Waals surface area contributed by atoms with Crippen LogP contribution < -0.4 is 5.32 Å². The first-order chi connectivity index (χ1) is 15.0. The van der Waals surface area contributed by atoms with Crippen LogP contribution in [0.5, 0.6) is 0 Å². The molecule has 7 nitrogen and oxygen atoms in total. The molecule has 4 rings (SSSR count). The number of amides is 1. The van der Waals surface area contributed by atoms with Crippen molar-refractivity contribution in [3.63, 3.8) is 0 Å². The average Bonchev–Trinajstić information content (AvgIpc) is 3.23. The van der Waals surface area contributed by atoms with Gasteiger partial charge in [0.2, 0.25) is 17.6 Å². The maximum atomic E-state index is 12.7. The number of Topliss-reactive ketones (excluding diaryl/α,β-unsaturated/α-hetero) is 1. The number of anilines is 1. The lowest BCUT2D eigenvalue weighted by Crippen LogP contribution is -2.37. The molecule has 0 atom stereocenters. The molecule has 1 aliphatic heterocycles. The lowest BCUT2D eigenvalue weighted by Gasteiger charge is -2.30. The van der Waals surface area contributed by atoms with Gasteiger partial charge in [-0.2, -0.15) is 4.98 Å². The summed E-state index contributed by atoms with van der Waals surface area (Å²) in [6.45, 7) is 5.69. The first kappa shape index (κ1) is 20.9. The molecule has 1 aromatic heterocycles. The Balaban J connectivity index is 1.30. The van der Waals surface area contributed by atoms with Crippen LogP contribution in [0.2, 0.25) is 0 Å². The Morgan fingerprint density at radius 2 is 1.90 bits per heavy atom.